The molecule has 0 spiro atoms. The average molecular weight is 312 g/mol. The Morgan fingerprint density at radius 2 is 2.10 bits per heavy atom. The van der Waals surface area contributed by atoms with Crippen LogP contribution in [0.25, 0.3) is 0 Å². The molecule has 0 bridgehead atoms. The van der Waals surface area contributed by atoms with Gasteiger partial charge in [0.25, 0.3) is 5.91 Å². The Bertz CT molecular complexity index is 567. The van der Waals surface area contributed by atoms with Crippen LogP contribution < -0.4 is 10.1 Å². The van der Waals surface area contributed by atoms with Crippen LogP contribution >= 0.6 is 11.6 Å². The molecule has 1 saturated carbocycles. The van der Waals surface area contributed by atoms with Crippen molar-refractivity contribution in [2.75, 3.05) is 6.54 Å². The Hall–Kier alpha value is -1.75. The predicted molar refractivity (Wildman–Crippen MR) is 78.5 cm³/mol. The summed E-state index contributed by atoms with van der Waals surface area (Å²) in [7, 11) is 0. The van der Waals surface area contributed by atoms with E-state index in [1.54, 1.807) is 38.1 Å². The van der Waals surface area contributed by atoms with Gasteiger partial charge >= 0.3 is 5.97 Å². The van der Waals surface area contributed by atoms with E-state index in [2.05, 4.69) is 5.32 Å². The van der Waals surface area contributed by atoms with Crippen LogP contribution in [-0.4, -0.2) is 29.1 Å². The number of carboxylic acid groups (broad SMARTS) is 1. The summed E-state index contributed by atoms with van der Waals surface area (Å²) in [6.45, 7) is 3.39. The maximum atomic E-state index is 12.2. The molecule has 0 unspecified atom stereocenters. The number of carbonyl (C=O) groups is 2. The van der Waals surface area contributed by atoms with Gasteiger partial charge in [0.15, 0.2) is 5.60 Å². The first-order valence-electron chi connectivity index (χ1n) is 6.71. The minimum Gasteiger partial charge on any atom is -0.481 e. The molecule has 0 saturated heterocycles. The van der Waals surface area contributed by atoms with Gasteiger partial charge in [-0.3, -0.25) is 9.59 Å². The van der Waals surface area contributed by atoms with E-state index < -0.39 is 17.0 Å². The van der Waals surface area contributed by atoms with Crippen LogP contribution in [0, 0.1) is 5.41 Å². The van der Waals surface area contributed by atoms with Crippen LogP contribution in [0.15, 0.2) is 24.3 Å². The van der Waals surface area contributed by atoms with Crippen LogP contribution in [0.3, 0.4) is 0 Å². The zero-order chi connectivity index (χ0) is 15.7. The van der Waals surface area contributed by atoms with Crippen molar-refractivity contribution in [2.24, 2.45) is 5.41 Å². The van der Waals surface area contributed by atoms with Gasteiger partial charge in [-0.15, -0.1) is 0 Å². The molecule has 6 heteroatoms. The van der Waals surface area contributed by atoms with E-state index >= 15 is 0 Å². The van der Waals surface area contributed by atoms with Crippen LogP contribution in [0.5, 0.6) is 5.75 Å². The van der Waals surface area contributed by atoms with Crippen molar-refractivity contribution in [3.05, 3.63) is 29.3 Å². The number of halogens is 1. The first kappa shape index (κ1) is 15.6. The lowest BCUT2D eigenvalue weighted by Crippen LogP contribution is -2.48. The predicted octanol–water partition coefficient (Wildman–Crippen LogP) is 2.48. The first-order chi connectivity index (χ1) is 9.75. The topological polar surface area (TPSA) is 75.6 Å². The maximum Gasteiger partial charge on any atom is 0.311 e. The molecule has 1 fully saturated rings. The molecule has 0 aliphatic heterocycles. The number of ether oxygens (including phenoxy) is 1. The van der Waals surface area contributed by atoms with E-state index in [9.17, 15) is 9.59 Å². The van der Waals surface area contributed by atoms with Gasteiger partial charge in [-0.05, 0) is 44.9 Å². The third-order valence-corrected chi connectivity index (χ3v) is 3.85. The Morgan fingerprint density at radius 1 is 1.43 bits per heavy atom. The van der Waals surface area contributed by atoms with E-state index in [0.717, 1.165) is 0 Å². The maximum absolute atomic E-state index is 12.2. The van der Waals surface area contributed by atoms with Crippen LogP contribution in [0.4, 0.5) is 0 Å². The highest BCUT2D eigenvalue weighted by Gasteiger charge is 2.50. The van der Waals surface area contributed by atoms with Gasteiger partial charge in [0.05, 0.1) is 5.41 Å². The van der Waals surface area contributed by atoms with Gasteiger partial charge in [-0.1, -0.05) is 17.7 Å². The summed E-state index contributed by atoms with van der Waals surface area (Å²) in [6.07, 6.45) is 1.19. The number of hydrogen-bond acceptors (Lipinski definition) is 3. The molecule has 0 heterocycles. The summed E-state index contributed by atoms with van der Waals surface area (Å²) in [5.74, 6) is -0.728. The molecule has 21 heavy (non-hydrogen) atoms. The molecule has 1 amide bonds. The summed E-state index contributed by atoms with van der Waals surface area (Å²) in [5, 5.41) is 12.3. The number of benzene rings is 1. The lowest BCUT2D eigenvalue weighted by molar-refractivity contribution is -0.143. The number of carboxylic acids is 1. The highest BCUT2D eigenvalue weighted by molar-refractivity contribution is 6.30. The van der Waals surface area contributed by atoms with Crippen molar-refractivity contribution in [3.63, 3.8) is 0 Å². The molecule has 1 aromatic rings. The molecular formula is C15H18ClNO4. The third-order valence-electron chi connectivity index (χ3n) is 3.61. The largest absolute Gasteiger partial charge is 0.481 e. The summed E-state index contributed by atoms with van der Waals surface area (Å²) in [6, 6.07) is 6.78. The van der Waals surface area contributed by atoms with Gasteiger partial charge in [0, 0.05) is 11.6 Å². The van der Waals surface area contributed by atoms with Gasteiger partial charge in [-0.2, -0.15) is 0 Å². The van der Waals surface area contributed by atoms with Gasteiger partial charge in [0.1, 0.15) is 5.75 Å². The second kappa shape index (κ2) is 5.56. The molecule has 2 rings (SSSR count). The summed E-state index contributed by atoms with van der Waals surface area (Å²) < 4.78 is 5.65. The Kier molecular flexibility index (Phi) is 4.14. The SMILES string of the molecule is CC(C)(Oc1cccc(Cl)c1)C(=O)NCC1(C(=O)O)CC1. The molecule has 1 aliphatic carbocycles. The number of rotatable bonds is 6. The fourth-order valence-electron chi connectivity index (χ4n) is 1.95. The molecule has 114 valence electrons. The Balaban J connectivity index is 1.95. The highest BCUT2D eigenvalue weighted by atomic mass is 35.5. The second-order valence-corrected chi connectivity index (χ2v) is 6.27. The van der Waals surface area contributed by atoms with Crippen LogP contribution in [-0.2, 0) is 9.59 Å². The molecule has 0 atom stereocenters. The number of hydrogen-bond donors (Lipinski definition) is 2. The smallest absolute Gasteiger partial charge is 0.311 e. The van der Waals surface area contributed by atoms with Gasteiger partial charge in [-0.25, -0.2) is 0 Å². The molecule has 0 aromatic heterocycles. The molecule has 1 aliphatic rings. The Morgan fingerprint density at radius 3 is 2.62 bits per heavy atom. The fourth-order valence-corrected chi connectivity index (χ4v) is 2.13. The summed E-state index contributed by atoms with van der Waals surface area (Å²) in [5.41, 5.74) is -1.90. The fraction of sp³-hybridized carbons (Fsp3) is 0.467. The van der Waals surface area contributed by atoms with Crippen molar-refractivity contribution in [1.29, 1.82) is 0 Å². The van der Waals surface area contributed by atoms with Crippen LogP contribution in [0.1, 0.15) is 26.7 Å². The van der Waals surface area contributed by atoms with Gasteiger partial charge < -0.3 is 15.2 Å². The van der Waals surface area contributed by atoms with Crippen molar-refractivity contribution >= 4 is 23.5 Å². The summed E-state index contributed by atoms with van der Waals surface area (Å²) >= 11 is 5.87. The third kappa shape index (κ3) is 3.67. The molecular weight excluding hydrogens is 294 g/mol. The lowest BCUT2D eigenvalue weighted by atomic mass is 10.1. The Labute approximate surface area is 128 Å². The minimum absolute atomic E-state index is 0.128. The van der Waals surface area contributed by atoms with E-state index in [1.807, 2.05) is 0 Å². The molecule has 1 aromatic carbocycles. The van der Waals surface area contributed by atoms with E-state index in [0.29, 0.717) is 23.6 Å². The lowest BCUT2D eigenvalue weighted by Gasteiger charge is -2.26. The molecule has 2 N–H and O–H groups in total. The van der Waals surface area contributed by atoms with Crippen LogP contribution in [0.2, 0.25) is 5.02 Å². The second-order valence-electron chi connectivity index (χ2n) is 5.84. The first-order valence-corrected chi connectivity index (χ1v) is 7.09. The van der Waals surface area contributed by atoms with Crippen molar-refractivity contribution in [3.8, 4) is 5.75 Å². The number of amides is 1. The van der Waals surface area contributed by atoms with Crippen molar-refractivity contribution in [1.82, 2.24) is 5.32 Å². The average Bonchev–Trinajstić information content (AvgIpc) is 3.16. The van der Waals surface area contributed by atoms with Crippen molar-refractivity contribution < 1.29 is 19.4 Å². The molecule has 5 nitrogen and oxygen atoms in total. The quantitative estimate of drug-likeness (QED) is 0.846. The van der Waals surface area contributed by atoms with Gasteiger partial charge in [0.2, 0.25) is 0 Å². The summed E-state index contributed by atoms with van der Waals surface area (Å²) in [4.78, 5) is 23.3. The van der Waals surface area contributed by atoms with E-state index in [4.69, 9.17) is 21.4 Å². The normalized spacial score (nSPS) is 16.1. The number of aliphatic carboxylic acids is 1. The van der Waals surface area contributed by atoms with E-state index in [1.165, 1.54) is 0 Å². The van der Waals surface area contributed by atoms with E-state index in [-0.39, 0.29) is 12.5 Å². The minimum atomic E-state index is -1.11. The number of carbonyl (C=O) groups excluding carboxylic acids is 1. The number of nitrogens with one attached hydrogen (secondary N) is 1. The zero-order valence-electron chi connectivity index (χ0n) is 12.0. The van der Waals surface area contributed by atoms with Crippen molar-refractivity contribution in [2.45, 2.75) is 32.3 Å². The monoisotopic (exact) mass is 311 g/mol. The molecule has 0 radical (unpaired) electrons. The standard InChI is InChI=1S/C15H18ClNO4/c1-14(2,21-11-5-3-4-10(16)8-11)12(18)17-9-15(6-7-15)13(19)20/h3-5,8H,6-7,9H2,1-2H3,(H,17,18)(H,19,20). The highest BCUT2D eigenvalue weighted by Crippen LogP contribution is 2.45. The zero-order valence-corrected chi connectivity index (χ0v) is 12.7.